The zero-order valence-corrected chi connectivity index (χ0v) is 76.3. The molecule has 8 rings (SSSR count). The van der Waals surface area contributed by atoms with Crippen molar-refractivity contribution in [3.8, 4) is 5.75 Å². The topological polar surface area (TPSA) is 655 Å². The molecule has 3 aliphatic rings. The molecule has 5 aromatic rings. The highest BCUT2D eigenvalue weighted by atomic mass is 32.2. The number of carbonyl (C=O) groups excluding carboxylic acids is 16. The van der Waals surface area contributed by atoms with Gasteiger partial charge in [0, 0.05) is 113 Å². The number of carboxylic acid groups (broad SMARTS) is 2. The standard InChI is InChI=1S/C89H126N20O23S/c1-7-9-23-68-82(125)98-60(30-32-74(115)116)79(122)104-67(77(120)95-44-72(92)113)47-133-48-73(114)96-64(38-50-26-28-53(111)29-27-50)85(128)105(4)49(3)76(119)99-62(34-36-91)87(130)108-37-17-25-69(108)83(126)103-66(46-110)81(124)100-61(31-33-75(117)118)88(131)109-45-54(112)41-71(109)84(127)101-63(39-51-42-93-57-20-13-11-18-55(51)57)80(123)97-59(22-15-16-35-90)78(121)102-65(40-52-43-94-58-21-14-12-19-56(52)58)86(129)107(6)70(24-10-8-2)89(132)106(68)5/h11-14,18-21,26-29,42-43,49,54,59-71,93-94,110-112H,7-10,15-17,22-25,30-41,44-48,90-91H2,1-6H3,(H2,92,113)(H,95,120)(H,96,114)(H,97,123)(H,98,125)(H,99,119)(H,100,124)(H,101,127)(H,102,121)(H,103,126)(H,104,122)(H,115,116)(H,117,118)/t49-,54+,59-,60-,61-,62-,63-,64-,65-,66-,67-,68-,69-,70-,71-/m0/s1. The third-order valence-electron chi connectivity index (χ3n) is 23.9. The Morgan fingerprint density at radius 1 is 0.496 bits per heavy atom. The van der Waals surface area contributed by atoms with Crippen LogP contribution in [0.25, 0.3) is 21.8 Å². The fourth-order valence-electron chi connectivity index (χ4n) is 16.3. The molecule has 726 valence electrons. The number of rotatable bonds is 28. The Morgan fingerprint density at radius 2 is 0.992 bits per heavy atom. The third-order valence-corrected chi connectivity index (χ3v) is 25.0. The Bertz CT molecular complexity index is 4960. The zero-order chi connectivity index (χ0) is 97.4. The second-order valence-electron chi connectivity index (χ2n) is 33.6. The molecule has 3 aromatic carbocycles. The number of unbranched alkanes of at least 4 members (excludes halogenated alkanes) is 3. The molecule has 0 spiro atoms. The summed E-state index contributed by atoms with van der Waals surface area (Å²) in [4.78, 5) is 272. The molecule has 3 aliphatic heterocycles. The maximum absolute atomic E-state index is 15.9. The summed E-state index contributed by atoms with van der Waals surface area (Å²) in [6.45, 7) is 2.24. The number of para-hydroxylation sites is 2. The highest BCUT2D eigenvalue weighted by Crippen LogP contribution is 2.28. The summed E-state index contributed by atoms with van der Waals surface area (Å²) in [5, 5.41) is 79.5. The number of thioether (sulfide) groups is 1. The maximum atomic E-state index is 15.9. The van der Waals surface area contributed by atoms with Crippen molar-refractivity contribution in [3.05, 3.63) is 102 Å². The fourth-order valence-corrected chi connectivity index (χ4v) is 17.2. The number of H-pyrrole nitrogens is 2. The van der Waals surface area contributed by atoms with Crippen LogP contribution in [0.3, 0.4) is 0 Å². The number of carboxylic acids is 2. The lowest BCUT2D eigenvalue weighted by molar-refractivity contribution is -0.149. The van der Waals surface area contributed by atoms with Gasteiger partial charge in [0.2, 0.25) is 94.5 Å². The minimum atomic E-state index is -1.92. The van der Waals surface area contributed by atoms with Crippen LogP contribution in [0.1, 0.15) is 147 Å². The van der Waals surface area contributed by atoms with E-state index >= 15 is 33.6 Å². The molecular weight excluding hydrogens is 1750 g/mol. The van der Waals surface area contributed by atoms with Crippen LogP contribution in [0.5, 0.6) is 5.75 Å². The average molecular weight is 1880 g/mol. The summed E-state index contributed by atoms with van der Waals surface area (Å²) in [5.74, 6) is -19.7. The number of phenolic OH excluding ortho intramolecular Hbond substituents is 1. The van der Waals surface area contributed by atoms with E-state index < -0.39 is 260 Å². The van der Waals surface area contributed by atoms with Crippen LogP contribution in [-0.4, -0.2) is 329 Å². The number of primary amides is 1. The summed E-state index contributed by atoms with van der Waals surface area (Å²) < 4.78 is 0. The Morgan fingerprint density at radius 3 is 1.59 bits per heavy atom. The van der Waals surface area contributed by atoms with E-state index in [0.29, 0.717) is 64.2 Å². The average Bonchev–Trinajstić information content (AvgIpc) is 1.67. The van der Waals surface area contributed by atoms with Crippen molar-refractivity contribution in [3.63, 3.8) is 0 Å². The lowest BCUT2D eigenvalue weighted by atomic mass is 9.99. The predicted octanol–water partition coefficient (Wildman–Crippen LogP) is -2.87. The van der Waals surface area contributed by atoms with E-state index in [1.807, 2.05) is 6.92 Å². The van der Waals surface area contributed by atoms with Gasteiger partial charge in [-0.2, -0.15) is 0 Å². The van der Waals surface area contributed by atoms with Crippen LogP contribution >= 0.6 is 11.8 Å². The number of benzene rings is 3. The van der Waals surface area contributed by atoms with Crippen molar-refractivity contribution in [1.29, 1.82) is 0 Å². The van der Waals surface area contributed by atoms with Gasteiger partial charge in [-0.05, 0) is 125 Å². The van der Waals surface area contributed by atoms with Crippen molar-refractivity contribution in [2.75, 3.05) is 72.0 Å². The maximum Gasteiger partial charge on any atom is 0.303 e. The second kappa shape index (κ2) is 51.3. The van der Waals surface area contributed by atoms with E-state index in [4.69, 9.17) is 17.2 Å². The monoisotopic (exact) mass is 1870 g/mol. The van der Waals surface area contributed by atoms with Crippen LogP contribution in [-0.2, 0) is 106 Å². The zero-order valence-electron chi connectivity index (χ0n) is 75.5. The summed E-state index contributed by atoms with van der Waals surface area (Å²) in [6, 6.07) is -2.78. The van der Waals surface area contributed by atoms with Crippen molar-refractivity contribution in [2.24, 2.45) is 17.2 Å². The molecular formula is C89H126N20O23S. The van der Waals surface area contributed by atoms with E-state index in [9.17, 15) is 78.3 Å². The van der Waals surface area contributed by atoms with Gasteiger partial charge in [0.05, 0.1) is 25.0 Å². The number of aromatic amines is 2. The van der Waals surface area contributed by atoms with E-state index in [-0.39, 0.29) is 96.0 Å². The van der Waals surface area contributed by atoms with Gasteiger partial charge in [-0.25, -0.2) is 0 Å². The molecule has 2 aromatic heterocycles. The first-order valence-corrected chi connectivity index (χ1v) is 45.9. The number of aromatic nitrogens is 2. The Labute approximate surface area is 772 Å². The molecule has 43 nitrogen and oxygen atoms in total. The van der Waals surface area contributed by atoms with E-state index in [1.165, 1.54) is 52.3 Å². The third kappa shape index (κ3) is 29.8. The molecule has 0 radical (unpaired) electrons. The lowest BCUT2D eigenvalue weighted by Gasteiger charge is -2.36. The van der Waals surface area contributed by atoms with Gasteiger partial charge in [-0.3, -0.25) is 86.3 Å². The number of aliphatic hydroxyl groups is 2. The first-order chi connectivity index (χ1) is 63.4. The van der Waals surface area contributed by atoms with Crippen LogP contribution in [0, 0.1) is 0 Å². The minimum Gasteiger partial charge on any atom is -0.508 e. The Kier molecular flexibility index (Phi) is 40.7. The van der Waals surface area contributed by atoms with Gasteiger partial charge in [0.1, 0.15) is 90.3 Å². The first kappa shape index (κ1) is 106. The van der Waals surface area contributed by atoms with E-state index in [2.05, 4.69) is 63.1 Å². The minimum absolute atomic E-state index is 0.0305. The van der Waals surface area contributed by atoms with Crippen molar-refractivity contribution >= 4 is 140 Å². The molecule has 15 atom stereocenters. The number of aliphatic carboxylic acids is 2. The van der Waals surface area contributed by atoms with Crippen LogP contribution in [0.2, 0.25) is 0 Å². The van der Waals surface area contributed by atoms with Crippen molar-refractivity contribution < 1.29 is 112 Å². The summed E-state index contributed by atoms with van der Waals surface area (Å²) in [6.07, 6.45) is -0.671. The largest absolute Gasteiger partial charge is 0.508 e. The number of aliphatic hydroxyl groups excluding tert-OH is 2. The van der Waals surface area contributed by atoms with Crippen LogP contribution in [0.4, 0.5) is 0 Å². The van der Waals surface area contributed by atoms with Crippen LogP contribution in [0.15, 0.2) is 85.2 Å². The second-order valence-corrected chi connectivity index (χ2v) is 34.7. The fraction of sp³-hybridized carbons (Fsp3) is 0.551. The molecule has 0 bridgehead atoms. The number of nitrogens with one attached hydrogen (secondary N) is 12. The van der Waals surface area contributed by atoms with Crippen molar-refractivity contribution in [1.82, 2.24) is 87.6 Å². The van der Waals surface area contributed by atoms with E-state index in [0.717, 1.165) is 36.3 Å². The van der Waals surface area contributed by atoms with Gasteiger partial charge in [-0.15, -0.1) is 11.8 Å². The number of fused-ring (bicyclic) bond motifs is 4. The molecule has 23 N–H and O–H groups in total. The SMILES string of the molecule is CCCC[C@H]1C(=O)N(C)[C@@H](CCCC)C(=O)N[C@@H](CCC(=O)O)C(=O)N[C@H](C(=O)NCC(N)=O)CSCC(=O)N[C@@H](Cc2ccc(O)cc2)C(=O)N(C)[C@@H](C)C(=O)N[C@@H](CCN)C(=O)N2CCC[C@H]2C(=O)N[C@@H](CO)C(=O)N[C@@H](CCC(=O)O)C(=O)N2C[C@H](O)C[C@H]2C(=O)N[C@@H](Cc2c[nH]c3ccccc23)C(=O)N[C@@H](CCCCN)C(=O)N[C@@H](Cc2c[nH]c3ccccc23)C(=O)N1C. The Hall–Kier alpha value is -12.8. The van der Waals surface area contributed by atoms with Gasteiger partial charge in [0.15, 0.2) is 0 Å². The summed E-state index contributed by atoms with van der Waals surface area (Å²) >= 11 is 0.720. The number of amides is 16. The number of hydrogen-bond acceptors (Lipinski definition) is 24. The smallest absolute Gasteiger partial charge is 0.303 e. The van der Waals surface area contributed by atoms with E-state index in [1.54, 1.807) is 67.8 Å². The number of aromatic hydroxyl groups is 1. The number of hydrogen-bond donors (Lipinski definition) is 20. The highest BCUT2D eigenvalue weighted by molar-refractivity contribution is 8.00. The van der Waals surface area contributed by atoms with Crippen molar-refractivity contribution in [2.45, 2.75) is 240 Å². The normalized spacial score (nSPS) is 24.9. The van der Waals surface area contributed by atoms with Gasteiger partial charge in [0.25, 0.3) is 0 Å². The molecule has 5 heterocycles. The van der Waals surface area contributed by atoms with Gasteiger partial charge in [-0.1, -0.05) is 88.1 Å². The van der Waals surface area contributed by atoms with Gasteiger partial charge >= 0.3 is 11.9 Å². The quantitative estimate of drug-likeness (QED) is 0.0224. The summed E-state index contributed by atoms with van der Waals surface area (Å²) in [7, 11) is 3.87. The van der Waals surface area contributed by atoms with Gasteiger partial charge < -0.3 is 130 Å². The molecule has 133 heavy (non-hydrogen) atoms. The summed E-state index contributed by atoms with van der Waals surface area (Å²) in [5.41, 5.74) is 20.1. The lowest BCUT2D eigenvalue weighted by Crippen LogP contribution is -2.61. The molecule has 16 amide bonds. The number of nitrogens with zero attached hydrogens (tertiary/aromatic N) is 5. The molecule has 0 saturated carbocycles. The molecule has 3 fully saturated rings. The number of phenols is 1. The molecule has 3 saturated heterocycles. The predicted molar refractivity (Wildman–Crippen MR) is 485 cm³/mol. The molecule has 0 aliphatic carbocycles. The van der Waals surface area contributed by atoms with Crippen LogP contribution < -0.4 is 70.4 Å². The number of carbonyl (C=O) groups is 18. The number of nitrogens with two attached hydrogens (primary N) is 3. The first-order valence-electron chi connectivity index (χ1n) is 44.7. The molecule has 0 unspecified atom stereocenters. The Balaban J connectivity index is 1.20. The highest BCUT2D eigenvalue weighted by Gasteiger charge is 2.47. The number of likely N-dealkylation sites (N-methyl/N-ethyl adjacent to an activating group) is 3. The molecule has 44 heteroatoms.